The average molecular weight is 559 g/mol. The van der Waals surface area contributed by atoms with E-state index in [1.165, 1.54) is 23.9 Å². The molecule has 1 unspecified atom stereocenters. The summed E-state index contributed by atoms with van der Waals surface area (Å²) < 4.78 is 1.77. The van der Waals surface area contributed by atoms with Crippen LogP contribution in [-0.4, -0.2) is 32.3 Å². The van der Waals surface area contributed by atoms with Gasteiger partial charge in [0.2, 0.25) is 5.91 Å². The fraction of sp³-hybridized carbons (Fsp3) is 0.182. The zero-order valence-corrected chi connectivity index (χ0v) is 21.7. The zero-order valence-electron chi connectivity index (χ0n) is 17.8. The number of hydrogen-bond donors (Lipinski definition) is 2. The summed E-state index contributed by atoms with van der Waals surface area (Å²) in [5, 5.41) is 15.7. The minimum Gasteiger partial charge on any atom is -0.342 e. The maximum atomic E-state index is 12.6. The number of amides is 2. The molecule has 1 heterocycles. The minimum atomic E-state index is -0.464. The summed E-state index contributed by atoms with van der Waals surface area (Å²) in [7, 11) is 0. The largest absolute Gasteiger partial charge is 0.342 e. The molecule has 178 valence electrons. The Morgan fingerprint density at radius 1 is 1.12 bits per heavy atom. The van der Waals surface area contributed by atoms with Gasteiger partial charge in [-0.3, -0.25) is 9.59 Å². The van der Waals surface area contributed by atoms with Crippen molar-refractivity contribution >= 4 is 75.7 Å². The van der Waals surface area contributed by atoms with E-state index >= 15 is 0 Å². The summed E-state index contributed by atoms with van der Waals surface area (Å²) in [5.74, 6) is -0.100. The normalized spacial score (nSPS) is 11.7. The highest BCUT2D eigenvalue weighted by molar-refractivity contribution is 7.99. The average Bonchev–Trinajstić information content (AvgIpc) is 3.17. The Bertz CT molecular complexity index is 1210. The van der Waals surface area contributed by atoms with Crippen molar-refractivity contribution in [2.45, 2.75) is 24.7 Å². The first-order chi connectivity index (χ1) is 16.2. The molecule has 0 saturated heterocycles. The lowest BCUT2D eigenvalue weighted by Crippen LogP contribution is -2.28. The number of halogens is 4. The van der Waals surface area contributed by atoms with Crippen LogP contribution in [0.2, 0.25) is 20.1 Å². The number of anilines is 1. The lowest BCUT2D eigenvalue weighted by atomic mass is 10.2. The van der Waals surface area contributed by atoms with Gasteiger partial charge in [0.1, 0.15) is 0 Å². The van der Waals surface area contributed by atoms with Crippen molar-refractivity contribution in [2.24, 2.45) is 0 Å². The highest BCUT2D eigenvalue weighted by atomic mass is 35.5. The first-order valence-corrected chi connectivity index (χ1v) is 12.4. The Balaban J connectivity index is 1.69. The van der Waals surface area contributed by atoms with E-state index in [0.717, 1.165) is 0 Å². The van der Waals surface area contributed by atoms with Crippen LogP contribution in [0.15, 0.2) is 54.2 Å². The first kappa shape index (κ1) is 26.4. The summed E-state index contributed by atoms with van der Waals surface area (Å²) in [6, 6.07) is 9.16. The third kappa shape index (κ3) is 6.67. The molecule has 0 aliphatic heterocycles. The molecule has 1 atom stereocenters. The van der Waals surface area contributed by atoms with Crippen LogP contribution in [0, 0.1) is 0 Å². The van der Waals surface area contributed by atoms with Gasteiger partial charge in [0.05, 0.1) is 27.5 Å². The SMILES string of the molecule is C=CCn1c(SCC(=O)Nc2c(Cl)cc(Cl)cc2Cl)nnc1C(C)NC(=O)c1cccc(Cl)c1. The van der Waals surface area contributed by atoms with Crippen LogP contribution in [0.3, 0.4) is 0 Å². The van der Waals surface area contributed by atoms with E-state index in [2.05, 4.69) is 27.4 Å². The van der Waals surface area contributed by atoms with Gasteiger partial charge < -0.3 is 15.2 Å². The highest BCUT2D eigenvalue weighted by Crippen LogP contribution is 2.34. The molecule has 0 fully saturated rings. The fourth-order valence-corrected chi connectivity index (χ4v) is 4.83. The van der Waals surface area contributed by atoms with Gasteiger partial charge in [0.25, 0.3) is 5.91 Å². The van der Waals surface area contributed by atoms with Crippen molar-refractivity contribution in [3.05, 3.63) is 80.5 Å². The smallest absolute Gasteiger partial charge is 0.251 e. The number of nitrogens with one attached hydrogen (secondary N) is 2. The van der Waals surface area contributed by atoms with Gasteiger partial charge >= 0.3 is 0 Å². The van der Waals surface area contributed by atoms with Crippen molar-refractivity contribution in [1.29, 1.82) is 0 Å². The summed E-state index contributed by atoms with van der Waals surface area (Å²) in [6.07, 6.45) is 1.68. The maximum Gasteiger partial charge on any atom is 0.251 e. The maximum absolute atomic E-state index is 12.6. The molecule has 0 aliphatic carbocycles. The molecule has 0 bridgehead atoms. The van der Waals surface area contributed by atoms with Crippen LogP contribution in [-0.2, 0) is 11.3 Å². The predicted molar refractivity (Wildman–Crippen MR) is 138 cm³/mol. The van der Waals surface area contributed by atoms with Crippen molar-refractivity contribution in [1.82, 2.24) is 20.1 Å². The van der Waals surface area contributed by atoms with Crippen molar-refractivity contribution in [3.63, 3.8) is 0 Å². The molecule has 0 saturated carbocycles. The van der Waals surface area contributed by atoms with Gasteiger partial charge in [-0.15, -0.1) is 16.8 Å². The molecule has 7 nitrogen and oxygen atoms in total. The highest BCUT2D eigenvalue weighted by Gasteiger charge is 2.21. The Kier molecular flexibility index (Phi) is 9.27. The van der Waals surface area contributed by atoms with Crippen LogP contribution < -0.4 is 10.6 Å². The zero-order chi connectivity index (χ0) is 24.8. The van der Waals surface area contributed by atoms with E-state index in [9.17, 15) is 9.59 Å². The second-order valence-electron chi connectivity index (χ2n) is 7.03. The molecule has 2 N–H and O–H groups in total. The molecule has 34 heavy (non-hydrogen) atoms. The second kappa shape index (κ2) is 12.0. The van der Waals surface area contributed by atoms with Gasteiger partial charge in [-0.1, -0.05) is 70.3 Å². The van der Waals surface area contributed by atoms with Gasteiger partial charge in [-0.25, -0.2) is 0 Å². The minimum absolute atomic E-state index is 0.0216. The Morgan fingerprint density at radius 3 is 2.47 bits per heavy atom. The van der Waals surface area contributed by atoms with Crippen LogP contribution in [0.25, 0.3) is 0 Å². The van der Waals surface area contributed by atoms with E-state index < -0.39 is 6.04 Å². The number of thioether (sulfide) groups is 1. The molecule has 2 amide bonds. The third-order valence-electron chi connectivity index (χ3n) is 4.48. The number of allylic oxidation sites excluding steroid dienone is 1. The van der Waals surface area contributed by atoms with E-state index in [0.29, 0.717) is 33.1 Å². The number of benzene rings is 2. The quantitative estimate of drug-likeness (QED) is 0.237. The molecule has 3 rings (SSSR count). The third-order valence-corrected chi connectivity index (χ3v) is 6.50. The molecule has 1 aromatic heterocycles. The van der Waals surface area contributed by atoms with Gasteiger partial charge in [-0.05, 0) is 37.3 Å². The molecule has 0 spiro atoms. The summed E-state index contributed by atoms with van der Waals surface area (Å²) >= 11 is 25.3. The lowest BCUT2D eigenvalue weighted by Gasteiger charge is -2.15. The Hall–Kier alpha value is -2.23. The van der Waals surface area contributed by atoms with Gasteiger partial charge in [0, 0.05) is 22.2 Å². The molecule has 3 aromatic rings. The van der Waals surface area contributed by atoms with E-state index in [1.807, 2.05) is 0 Å². The second-order valence-corrected chi connectivity index (χ2v) is 9.66. The topological polar surface area (TPSA) is 88.9 Å². The molecular weight excluding hydrogens is 540 g/mol. The van der Waals surface area contributed by atoms with E-state index in [4.69, 9.17) is 46.4 Å². The number of aromatic nitrogens is 3. The number of carbonyl (C=O) groups excluding carboxylic acids is 2. The lowest BCUT2D eigenvalue weighted by molar-refractivity contribution is -0.113. The molecule has 0 aliphatic rings. The van der Waals surface area contributed by atoms with E-state index in [1.54, 1.807) is 41.8 Å². The molecule has 2 aromatic carbocycles. The number of carbonyl (C=O) groups is 2. The van der Waals surface area contributed by atoms with Crippen LogP contribution in [0.4, 0.5) is 5.69 Å². The monoisotopic (exact) mass is 557 g/mol. The van der Waals surface area contributed by atoms with Crippen molar-refractivity contribution in [3.8, 4) is 0 Å². The summed E-state index contributed by atoms with van der Waals surface area (Å²) in [6.45, 7) is 5.94. The van der Waals surface area contributed by atoms with Crippen LogP contribution in [0.1, 0.15) is 29.1 Å². The molecular formula is C22H19Cl4N5O2S. The Labute approximate surface area is 220 Å². The number of hydrogen-bond acceptors (Lipinski definition) is 5. The predicted octanol–water partition coefficient (Wildman–Crippen LogP) is 6.30. The summed E-state index contributed by atoms with van der Waals surface area (Å²) in [4.78, 5) is 25.1. The molecule has 0 radical (unpaired) electrons. The molecule has 12 heteroatoms. The standard InChI is InChI=1S/C22H19Cl4N5O2S/c1-3-7-31-20(12(2)27-21(33)13-5-4-6-14(23)8-13)29-30-22(31)34-11-18(32)28-19-16(25)9-15(24)10-17(19)26/h3-6,8-10,12H,1,7,11H2,2H3,(H,27,33)(H,28,32). The Morgan fingerprint density at radius 2 is 1.82 bits per heavy atom. The number of rotatable bonds is 9. The van der Waals surface area contributed by atoms with Crippen molar-refractivity contribution < 1.29 is 9.59 Å². The first-order valence-electron chi connectivity index (χ1n) is 9.87. The van der Waals surface area contributed by atoms with Crippen LogP contribution >= 0.6 is 58.2 Å². The van der Waals surface area contributed by atoms with Crippen LogP contribution in [0.5, 0.6) is 0 Å². The number of nitrogens with zero attached hydrogens (tertiary/aromatic N) is 3. The fourth-order valence-electron chi connectivity index (χ4n) is 2.97. The summed E-state index contributed by atoms with van der Waals surface area (Å²) in [5.41, 5.74) is 0.712. The van der Waals surface area contributed by atoms with Gasteiger partial charge in [0.15, 0.2) is 11.0 Å². The van der Waals surface area contributed by atoms with E-state index in [-0.39, 0.29) is 33.3 Å². The van der Waals surface area contributed by atoms with Crippen molar-refractivity contribution in [2.75, 3.05) is 11.1 Å². The van der Waals surface area contributed by atoms with Gasteiger partial charge in [-0.2, -0.15) is 0 Å².